The highest BCUT2D eigenvalue weighted by molar-refractivity contribution is 7.18. The molecule has 4 aliphatic heterocycles. The number of pyridine rings is 1. The molecule has 20 heteroatoms. The van der Waals surface area contributed by atoms with E-state index in [1.54, 1.807) is 23.8 Å². The topological polar surface area (TPSA) is 208 Å². The fourth-order valence-electron chi connectivity index (χ4n) is 10.0. The van der Waals surface area contributed by atoms with Gasteiger partial charge in [0.25, 0.3) is 5.91 Å². The second kappa shape index (κ2) is 19.0. The molecular weight excluding hydrogens is 883 g/mol. The van der Waals surface area contributed by atoms with E-state index in [2.05, 4.69) is 77.8 Å². The highest BCUT2D eigenvalue weighted by Crippen LogP contribution is 2.37. The summed E-state index contributed by atoms with van der Waals surface area (Å²) >= 11 is 1.53. The molecule has 9 heterocycles. The molecule has 10 rings (SSSR count). The first kappa shape index (κ1) is 44.8. The van der Waals surface area contributed by atoms with Gasteiger partial charge in [-0.1, -0.05) is 11.3 Å². The van der Waals surface area contributed by atoms with Gasteiger partial charge in [-0.2, -0.15) is 10.4 Å². The third-order valence-electron chi connectivity index (χ3n) is 13.8. The molecule has 1 atom stereocenters. The van der Waals surface area contributed by atoms with Gasteiger partial charge < -0.3 is 24.9 Å². The lowest BCUT2D eigenvalue weighted by atomic mass is 9.91. The minimum atomic E-state index is -0.801. The zero-order chi connectivity index (χ0) is 47.1. The van der Waals surface area contributed by atoms with Crippen molar-refractivity contribution in [2.75, 3.05) is 74.0 Å². The van der Waals surface area contributed by atoms with Gasteiger partial charge in [0, 0.05) is 94.4 Å². The predicted octanol–water partition coefficient (Wildman–Crippen LogP) is 4.42. The van der Waals surface area contributed by atoms with Crippen LogP contribution in [0.2, 0.25) is 0 Å². The van der Waals surface area contributed by atoms with Crippen molar-refractivity contribution in [3.63, 3.8) is 0 Å². The lowest BCUT2D eigenvalue weighted by Crippen LogP contribution is -2.52. The van der Waals surface area contributed by atoms with Crippen molar-refractivity contribution in [1.82, 2.24) is 54.3 Å². The van der Waals surface area contributed by atoms with E-state index in [1.807, 2.05) is 41.4 Å². The van der Waals surface area contributed by atoms with Crippen molar-refractivity contribution in [2.24, 2.45) is 18.9 Å². The Balaban J connectivity index is 0.679. The lowest BCUT2D eigenvalue weighted by Gasteiger charge is -2.40. The lowest BCUT2D eigenvalue weighted by molar-refractivity contribution is -0.138. The maximum Gasteiger partial charge on any atom is 0.346 e. The van der Waals surface area contributed by atoms with Crippen molar-refractivity contribution in [3.8, 4) is 39.4 Å². The largest absolute Gasteiger partial charge is 0.382 e. The number of nitrogens with zero attached hydrogens (tertiary/aromatic N) is 13. The molecule has 5 aromatic heterocycles. The van der Waals surface area contributed by atoms with Gasteiger partial charge in [0.05, 0.1) is 34.2 Å². The monoisotopic (exact) mass is 937 g/mol. The average Bonchev–Trinajstić information content (AvgIpc) is 4.09. The second-order valence-electron chi connectivity index (χ2n) is 18.7. The number of anilines is 3. The van der Waals surface area contributed by atoms with Crippen molar-refractivity contribution in [1.29, 1.82) is 5.26 Å². The molecule has 4 fully saturated rings. The van der Waals surface area contributed by atoms with E-state index in [0.717, 1.165) is 108 Å². The Kier molecular flexibility index (Phi) is 12.5. The molecule has 0 bridgehead atoms. The van der Waals surface area contributed by atoms with E-state index in [-0.39, 0.29) is 42.3 Å². The summed E-state index contributed by atoms with van der Waals surface area (Å²) in [7, 11) is 1.65. The highest BCUT2D eigenvalue weighted by atomic mass is 32.1. The summed E-state index contributed by atoms with van der Waals surface area (Å²) in [5.41, 5.74) is 6.19. The smallest absolute Gasteiger partial charge is 0.346 e. The molecule has 68 heavy (non-hydrogen) atoms. The van der Waals surface area contributed by atoms with Crippen LogP contribution in [0.3, 0.4) is 0 Å². The number of carbonyl (C=O) groups is 3. The van der Waals surface area contributed by atoms with Gasteiger partial charge in [-0.05, 0) is 113 Å². The third kappa shape index (κ3) is 9.07. The summed E-state index contributed by atoms with van der Waals surface area (Å²) in [6.45, 7) is 11.8. The van der Waals surface area contributed by atoms with Gasteiger partial charge in [0.15, 0.2) is 10.8 Å². The first-order chi connectivity index (χ1) is 33.0. The minimum absolute atomic E-state index is 0.0577. The number of benzene rings is 1. The summed E-state index contributed by atoms with van der Waals surface area (Å²) in [6, 6.07) is 17.3. The first-order valence-electron chi connectivity index (χ1n) is 23.6. The minimum Gasteiger partial charge on any atom is -0.382 e. The SMILES string of the molecule is CC(C)Nc1cc(-c2ccc3cc(C#N)cnn23)ncc1-c1nnc(N2CCN(C(=O)C3CCN(CC4CCN(c5ccc(-c6nn(C7CCC(=O)NC7=O)c(=O)n6C)cc5)CC4)CC3)CC2)s1. The van der Waals surface area contributed by atoms with Crippen LogP contribution in [0.15, 0.2) is 65.7 Å². The van der Waals surface area contributed by atoms with E-state index in [0.29, 0.717) is 43.5 Å². The van der Waals surface area contributed by atoms with Crippen LogP contribution in [0.5, 0.6) is 0 Å². The van der Waals surface area contributed by atoms with Crippen molar-refractivity contribution < 1.29 is 14.4 Å². The summed E-state index contributed by atoms with van der Waals surface area (Å²) in [5.74, 6) is 0.586. The van der Waals surface area contributed by atoms with Gasteiger partial charge in [0.2, 0.25) is 16.9 Å². The fourth-order valence-corrected chi connectivity index (χ4v) is 10.9. The van der Waals surface area contributed by atoms with Crippen LogP contribution in [0.1, 0.15) is 64.0 Å². The number of piperazine rings is 1. The maximum atomic E-state index is 13.8. The average molecular weight is 938 g/mol. The van der Waals surface area contributed by atoms with Gasteiger partial charge in [-0.15, -0.1) is 15.3 Å². The number of nitrogens with one attached hydrogen (secondary N) is 2. The molecule has 1 unspecified atom stereocenters. The molecule has 352 valence electrons. The number of imide groups is 1. The van der Waals surface area contributed by atoms with E-state index < -0.39 is 11.9 Å². The molecule has 6 aromatic rings. The van der Waals surface area contributed by atoms with Crippen LogP contribution >= 0.6 is 11.3 Å². The van der Waals surface area contributed by atoms with Gasteiger partial charge >= 0.3 is 5.69 Å². The molecule has 19 nitrogen and oxygen atoms in total. The molecule has 0 saturated carbocycles. The van der Waals surface area contributed by atoms with Crippen LogP contribution in [-0.2, 0) is 21.4 Å². The molecule has 0 radical (unpaired) electrons. The third-order valence-corrected chi connectivity index (χ3v) is 14.8. The van der Waals surface area contributed by atoms with Gasteiger partial charge in [0.1, 0.15) is 12.1 Å². The van der Waals surface area contributed by atoms with Crippen molar-refractivity contribution in [2.45, 2.75) is 64.5 Å². The Bertz CT molecular complexity index is 2940. The Morgan fingerprint density at radius 3 is 2.38 bits per heavy atom. The Labute approximate surface area is 397 Å². The number of hydrogen-bond acceptors (Lipinski definition) is 15. The fraction of sp³-hybridized carbons (Fsp3) is 0.458. The van der Waals surface area contributed by atoms with E-state index >= 15 is 0 Å². The van der Waals surface area contributed by atoms with E-state index in [4.69, 9.17) is 4.98 Å². The van der Waals surface area contributed by atoms with Crippen molar-refractivity contribution >= 4 is 51.1 Å². The number of fused-ring (bicyclic) bond motifs is 1. The van der Waals surface area contributed by atoms with Gasteiger partial charge in [-0.3, -0.25) is 29.3 Å². The Morgan fingerprint density at radius 1 is 0.897 bits per heavy atom. The standard InChI is InChI=1S/C48H55N15O4S/c1-30(2)52-38-25-39(40-9-8-36-24-32(26-49)27-51-62(36)40)50-28-37(38)45-54-55-47(68-45)61-22-20-60(21-23-61)46(66)34-14-16-58(17-15-34)29-31-12-18-59(19-13-31)35-6-4-33(5-7-35)43-56-63(48(67)57(43)3)41-10-11-42(64)53-44(41)65/h4-9,24-25,27-28,30-31,34,41H,10-23,29H2,1-3H3,(H,50,52)(H,53,64,65). The van der Waals surface area contributed by atoms with Crippen LogP contribution in [0, 0.1) is 23.2 Å². The number of amides is 3. The van der Waals surface area contributed by atoms with Gasteiger partial charge in [-0.25, -0.2) is 14.0 Å². The molecule has 4 saturated heterocycles. The second-order valence-corrected chi connectivity index (χ2v) is 19.6. The molecule has 1 aromatic carbocycles. The zero-order valence-electron chi connectivity index (χ0n) is 38.5. The predicted molar refractivity (Wildman–Crippen MR) is 258 cm³/mol. The molecule has 2 N–H and O–H groups in total. The number of carbonyl (C=O) groups excluding carboxylic acids is 3. The zero-order valence-corrected chi connectivity index (χ0v) is 39.4. The molecule has 3 amide bonds. The quantitative estimate of drug-likeness (QED) is 0.173. The summed E-state index contributed by atoms with van der Waals surface area (Å²) in [4.78, 5) is 64.9. The van der Waals surface area contributed by atoms with Crippen LogP contribution in [-0.4, -0.2) is 132 Å². The Morgan fingerprint density at radius 2 is 1.66 bits per heavy atom. The first-order valence-corrected chi connectivity index (χ1v) is 24.4. The number of rotatable bonds is 11. The molecule has 4 aliphatic rings. The highest BCUT2D eigenvalue weighted by Gasteiger charge is 2.34. The molecular formula is C48H55N15O4S. The van der Waals surface area contributed by atoms with Crippen molar-refractivity contribution in [3.05, 3.63) is 77.0 Å². The van der Waals surface area contributed by atoms with E-state index in [9.17, 15) is 24.4 Å². The maximum absolute atomic E-state index is 13.8. The number of aromatic nitrogens is 8. The Hall–Kier alpha value is -6.98. The summed E-state index contributed by atoms with van der Waals surface area (Å²) in [5, 5.41) is 35.0. The van der Waals surface area contributed by atoms with Crippen LogP contribution < -0.4 is 26.1 Å². The van der Waals surface area contributed by atoms with E-state index in [1.165, 1.54) is 20.6 Å². The number of piperidine rings is 3. The number of hydrogen-bond donors (Lipinski definition) is 2. The normalized spacial score (nSPS) is 18.9. The number of nitriles is 1. The van der Waals surface area contributed by atoms with Crippen LogP contribution in [0.4, 0.5) is 16.5 Å². The summed E-state index contributed by atoms with van der Waals surface area (Å²) in [6.07, 6.45) is 7.79. The molecule has 0 spiro atoms. The summed E-state index contributed by atoms with van der Waals surface area (Å²) < 4.78 is 4.43. The van der Waals surface area contributed by atoms with Crippen LogP contribution in [0.25, 0.3) is 38.9 Å². The number of likely N-dealkylation sites (tertiary alicyclic amines) is 1. The molecule has 0 aliphatic carbocycles.